The van der Waals surface area contributed by atoms with Crippen LogP contribution in [0.5, 0.6) is 0 Å². The average molecular weight is 299 g/mol. The van der Waals surface area contributed by atoms with Gasteiger partial charge in [0.15, 0.2) is 0 Å². The minimum absolute atomic E-state index is 0.251. The van der Waals surface area contributed by atoms with E-state index in [1.807, 2.05) is 0 Å². The maximum absolute atomic E-state index is 12.0. The number of halogens is 4. The van der Waals surface area contributed by atoms with Crippen LogP contribution >= 0.6 is 11.6 Å². The van der Waals surface area contributed by atoms with E-state index in [1.165, 1.54) is 12.1 Å². The molecule has 0 fully saturated rings. The van der Waals surface area contributed by atoms with Crippen molar-refractivity contribution in [1.29, 1.82) is 0 Å². The van der Waals surface area contributed by atoms with Crippen molar-refractivity contribution in [2.45, 2.75) is 11.6 Å². The lowest BCUT2D eigenvalue weighted by Gasteiger charge is -2.31. The molecule has 0 bridgehead atoms. The molecule has 0 saturated carbocycles. The monoisotopic (exact) mass is 298 g/mol. The Morgan fingerprint density at radius 3 is 2.11 bits per heavy atom. The van der Waals surface area contributed by atoms with Gasteiger partial charge in [-0.1, -0.05) is 29.8 Å². The highest BCUT2D eigenvalue weighted by Crippen LogP contribution is 2.30. The van der Waals surface area contributed by atoms with Crippen molar-refractivity contribution in [2.24, 2.45) is 0 Å². The molecule has 0 amide bonds. The highest BCUT2D eigenvalue weighted by Gasteiger charge is 2.35. The minimum Gasteiger partial charge on any atom is -0.395 e. The normalized spacial score (nSPS) is 12.7. The van der Waals surface area contributed by atoms with Gasteiger partial charge in [0.1, 0.15) is 6.61 Å². The molecular formula is C12H14ClF3O3. The summed E-state index contributed by atoms with van der Waals surface area (Å²) in [4.78, 5) is 0. The van der Waals surface area contributed by atoms with E-state index in [1.54, 1.807) is 12.1 Å². The third kappa shape index (κ3) is 4.35. The van der Waals surface area contributed by atoms with E-state index in [2.05, 4.69) is 4.74 Å². The van der Waals surface area contributed by atoms with Crippen LogP contribution in [0.3, 0.4) is 0 Å². The fourth-order valence-electron chi connectivity index (χ4n) is 1.64. The second-order valence-corrected chi connectivity index (χ2v) is 4.59. The number of hydrogen-bond donors (Lipinski definition) is 2. The fraction of sp³-hybridized carbons (Fsp3) is 0.500. The van der Waals surface area contributed by atoms with E-state index < -0.39 is 38.0 Å². The number of hydrogen-bond acceptors (Lipinski definition) is 3. The number of benzene rings is 1. The molecular weight excluding hydrogens is 285 g/mol. The summed E-state index contributed by atoms with van der Waals surface area (Å²) in [6.45, 7) is -3.08. The van der Waals surface area contributed by atoms with Crippen LogP contribution < -0.4 is 0 Å². The lowest BCUT2D eigenvalue weighted by molar-refractivity contribution is -0.180. The molecule has 0 radical (unpaired) electrons. The number of rotatable bonds is 6. The van der Waals surface area contributed by atoms with Crippen LogP contribution in [0, 0.1) is 0 Å². The van der Waals surface area contributed by atoms with Crippen molar-refractivity contribution < 1.29 is 28.1 Å². The molecule has 0 heterocycles. The number of aliphatic hydroxyl groups is 2. The predicted molar refractivity (Wildman–Crippen MR) is 64.2 cm³/mol. The summed E-state index contributed by atoms with van der Waals surface area (Å²) < 4.78 is 40.7. The molecule has 19 heavy (non-hydrogen) atoms. The molecule has 3 nitrogen and oxygen atoms in total. The first kappa shape index (κ1) is 16.2. The van der Waals surface area contributed by atoms with Gasteiger partial charge in [0.05, 0.1) is 25.2 Å². The van der Waals surface area contributed by atoms with Crippen LogP contribution in [0.25, 0.3) is 0 Å². The SMILES string of the molecule is OCC(CO)(COCC(F)(F)F)c1ccccc1Cl. The molecule has 1 aromatic carbocycles. The summed E-state index contributed by atoms with van der Waals surface area (Å²) in [6, 6.07) is 6.32. The first-order valence-corrected chi connectivity index (χ1v) is 5.84. The summed E-state index contributed by atoms with van der Waals surface area (Å²) in [5.74, 6) is 0. The van der Waals surface area contributed by atoms with Crippen LogP contribution in [0.1, 0.15) is 5.56 Å². The maximum atomic E-state index is 12.0. The number of aliphatic hydroxyl groups excluding tert-OH is 2. The van der Waals surface area contributed by atoms with E-state index in [4.69, 9.17) is 11.6 Å². The van der Waals surface area contributed by atoms with Crippen molar-refractivity contribution in [3.8, 4) is 0 Å². The van der Waals surface area contributed by atoms with Crippen molar-refractivity contribution in [1.82, 2.24) is 0 Å². The van der Waals surface area contributed by atoms with Crippen LogP contribution in [0.4, 0.5) is 13.2 Å². The Hall–Kier alpha value is -0.820. The molecule has 0 aliphatic carbocycles. The standard InChI is InChI=1S/C12H14ClF3O3/c13-10-4-2-1-3-9(10)11(5-17,6-18)7-19-8-12(14,15)16/h1-4,17-18H,5-8H2. The van der Waals surface area contributed by atoms with E-state index in [0.717, 1.165) is 0 Å². The van der Waals surface area contributed by atoms with Gasteiger partial charge in [-0.05, 0) is 11.6 Å². The van der Waals surface area contributed by atoms with Crippen LogP contribution in [0.15, 0.2) is 24.3 Å². The van der Waals surface area contributed by atoms with Gasteiger partial charge in [0.25, 0.3) is 0 Å². The quantitative estimate of drug-likeness (QED) is 0.846. The lowest BCUT2D eigenvalue weighted by atomic mass is 9.82. The Morgan fingerprint density at radius 2 is 1.63 bits per heavy atom. The first-order valence-electron chi connectivity index (χ1n) is 5.46. The number of ether oxygens (including phenoxy) is 1. The van der Waals surface area contributed by atoms with Crippen molar-refractivity contribution in [3.63, 3.8) is 0 Å². The zero-order valence-corrected chi connectivity index (χ0v) is 10.7. The van der Waals surface area contributed by atoms with E-state index in [0.29, 0.717) is 5.56 Å². The van der Waals surface area contributed by atoms with Gasteiger partial charge in [-0.25, -0.2) is 0 Å². The Bertz CT molecular complexity index is 405. The smallest absolute Gasteiger partial charge is 0.395 e. The molecule has 0 saturated heterocycles. The molecule has 0 aliphatic rings. The molecule has 0 unspecified atom stereocenters. The maximum Gasteiger partial charge on any atom is 0.411 e. The van der Waals surface area contributed by atoms with Crippen LogP contribution in [-0.2, 0) is 10.2 Å². The molecule has 0 spiro atoms. The van der Waals surface area contributed by atoms with Crippen LogP contribution in [-0.4, -0.2) is 42.8 Å². The van der Waals surface area contributed by atoms with Crippen molar-refractivity contribution in [2.75, 3.05) is 26.4 Å². The molecule has 0 aliphatic heterocycles. The molecule has 2 N–H and O–H groups in total. The first-order chi connectivity index (χ1) is 8.84. The van der Waals surface area contributed by atoms with Gasteiger partial charge in [-0.15, -0.1) is 0 Å². The second kappa shape index (κ2) is 6.56. The van der Waals surface area contributed by atoms with Gasteiger partial charge in [-0.3, -0.25) is 0 Å². The summed E-state index contributed by atoms with van der Waals surface area (Å²) >= 11 is 5.93. The zero-order valence-electron chi connectivity index (χ0n) is 9.95. The molecule has 1 rings (SSSR count). The van der Waals surface area contributed by atoms with Gasteiger partial charge in [0, 0.05) is 5.02 Å². The van der Waals surface area contributed by atoms with Crippen molar-refractivity contribution in [3.05, 3.63) is 34.9 Å². The summed E-state index contributed by atoms with van der Waals surface area (Å²) in [6.07, 6.45) is -4.46. The van der Waals surface area contributed by atoms with E-state index in [9.17, 15) is 23.4 Å². The van der Waals surface area contributed by atoms with Gasteiger partial charge >= 0.3 is 6.18 Å². The highest BCUT2D eigenvalue weighted by molar-refractivity contribution is 6.31. The Labute approximate surface area is 113 Å². The van der Waals surface area contributed by atoms with Gasteiger partial charge < -0.3 is 14.9 Å². The summed E-state index contributed by atoms with van der Waals surface area (Å²) in [5.41, 5.74) is -1.01. The number of alkyl halides is 3. The van der Waals surface area contributed by atoms with E-state index >= 15 is 0 Å². The van der Waals surface area contributed by atoms with Gasteiger partial charge in [0.2, 0.25) is 0 Å². The third-order valence-electron chi connectivity index (χ3n) is 2.69. The third-order valence-corrected chi connectivity index (χ3v) is 3.02. The van der Waals surface area contributed by atoms with Crippen molar-refractivity contribution >= 4 is 11.6 Å². The fourth-order valence-corrected chi connectivity index (χ4v) is 1.98. The molecule has 0 atom stereocenters. The second-order valence-electron chi connectivity index (χ2n) is 4.18. The van der Waals surface area contributed by atoms with Gasteiger partial charge in [-0.2, -0.15) is 13.2 Å². The summed E-state index contributed by atoms with van der Waals surface area (Å²) in [5, 5.41) is 19.1. The molecule has 108 valence electrons. The molecule has 1 aromatic rings. The Balaban J connectivity index is 2.89. The minimum atomic E-state index is -4.46. The van der Waals surface area contributed by atoms with Crippen LogP contribution in [0.2, 0.25) is 5.02 Å². The lowest BCUT2D eigenvalue weighted by Crippen LogP contribution is -2.41. The van der Waals surface area contributed by atoms with E-state index in [-0.39, 0.29) is 5.02 Å². The molecule has 7 heteroatoms. The summed E-state index contributed by atoms with van der Waals surface area (Å²) in [7, 11) is 0. The Kier molecular flexibility index (Phi) is 5.61. The highest BCUT2D eigenvalue weighted by atomic mass is 35.5. The topological polar surface area (TPSA) is 49.7 Å². The predicted octanol–water partition coefficient (Wildman–Crippen LogP) is 2.14. The largest absolute Gasteiger partial charge is 0.411 e. The molecule has 0 aromatic heterocycles. The average Bonchev–Trinajstić information content (AvgIpc) is 2.35. The zero-order chi connectivity index (χ0) is 14.5. The Morgan fingerprint density at radius 1 is 1.05 bits per heavy atom.